The highest BCUT2D eigenvalue weighted by molar-refractivity contribution is 14.0. The van der Waals surface area contributed by atoms with Crippen molar-refractivity contribution in [2.45, 2.75) is 58.4 Å². The van der Waals surface area contributed by atoms with Crippen LogP contribution in [0.4, 0.5) is 0 Å². The van der Waals surface area contributed by atoms with Crippen LogP contribution in [0, 0.1) is 5.92 Å². The standard InChI is InChI=1S/C17H30N6S.HI/c1-4-18-17(22-9-10-24-14(12-22)13(2)3)19-11-16-21-20-15-7-5-6-8-23(15)16;/h13-14H,4-12H2,1-3H3,(H,18,19);1H. The molecule has 25 heavy (non-hydrogen) atoms. The van der Waals surface area contributed by atoms with Crippen molar-refractivity contribution in [3.63, 3.8) is 0 Å². The summed E-state index contributed by atoms with van der Waals surface area (Å²) in [7, 11) is 0. The summed E-state index contributed by atoms with van der Waals surface area (Å²) in [5.74, 6) is 5.03. The monoisotopic (exact) mass is 478 g/mol. The number of hydrogen-bond donors (Lipinski definition) is 1. The Morgan fingerprint density at radius 3 is 2.92 bits per heavy atom. The summed E-state index contributed by atoms with van der Waals surface area (Å²) in [5, 5.41) is 12.9. The second-order valence-electron chi connectivity index (χ2n) is 6.91. The molecule has 0 amide bonds. The van der Waals surface area contributed by atoms with E-state index in [4.69, 9.17) is 4.99 Å². The van der Waals surface area contributed by atoms with Crippen molar-refractivity contribution in [2.24, 2.45) is 10.9 Å². The molecule has 0 bridgehead atoms. The Balaban J connectivity index is 0.00000225. The molecule has 1 atom stereocenters. The molecule has 1 N–H and O–H groups in total. The minimum atomic E-state index is 0. The normalized spacial score (nSPS) is 21.0. The molecule has 1 aromatic rings. The van der Waals surface area contributed by atoms with Crippen LogP contribution in [0.5, 0.6) is 0 Å². The lowest BCUT2D eigenvalue weighted by Crippen LogP contribution is -2.49. The number of nitrogens with zero attached hydrogens (tertiary/aromatic N) is 5. The third-order valence-corrected chi connectivity index (χ3v) is 6.32. The highest BCUT2D eigenvalue weighted by Gasteiger charge is 2.25. The van der Waals surface area contributed by atoms with Gasteiger partial charge in [0, 0.05) is 43.6 Å². The van der Waals surface area contributed by atoms with E-state index in [2.05, 4.69) is 57.5 Å². The van der Waals surface area contributed by atoms with Crippen LogP contribution in [0.3, 0.4) is 0 Å². The van der Waals surface area contributed by atoms with Crippen LogP contribution in [0.2, 0.25) is 0 Å². The molecule has 2 aliphatic rings. The van der Waals surface area contributed by atoms with Gasteiger partial charge in [-0.05, 0) is 25.7 Å². The zero-order chi connectivity index (χ0) is 16.9. The van der Waals surface area contributed by atoms with Gasteiger partial charge < -0.3 is 14.8 Å². The number of hydrogen-bond acceptors (Lipinski definition) is 4. The van der Waals surface area contributed by atoms with Crippen molar-refractivity contribution >= 4 is 41.7 Å². The van der Waals surface area contributed by atoms with Crippen molar-refractivity contribution in [1.29, 1.82) is 0 Å². The van der Waals surface area contributed by atoms with E-state index in [0.29, 0.717) is 17.7 Å². The zero-order valence-corrected chi connectivity index (χ0v) is 18.7. The first kappa shape index (κ1) is 20.8. The van der Waals surface area contributed by atoms with Gasteiger partial charge >= 0.3 is 0 Å². The molecule has 1 fully saturated rings. The van der Waals surface area contributed by atoms with Gasteiger partial charge in [0.05, 0.1) is 0 Å². The van der Waals surface area contributed by atoms with Crippen LogP contribution < -0.4 is 5.32 Å². The summed E-state index contributed by atoms with van der Waals surface area (Å²) >= 11 is 2.09. The first-order chi connectivity index (χ1) is 11.7. The predicted molar refractivity (Wildman–Crippen MR) is 116 cm³/mol. The molecule has 0 radical (unpaired) electrons. The van der Waals surface area contributed by atoms with Gasteiger partial charge in [-0.25, -0.2) is 4.99 Å². The van der Waals surface area contributed by atoms with Crippen molar-refractivity contribution in [1.82, 2.24) is 25.0 Å². The molecule has 2 aliphatic heterocycles. The molecule has 8 heteroatoms. The smallest absolute Gasteiger partial charge is 0.194 e. The van der Waals surface area contributed by atoms with E-state index in [1.165, 1.54) is 18.6 Å². The third kappa shape index (κ3) is 5.24. The van der Waals surface area contributed by atoms with Gasteiger partial charge in [-0.2, -0.15) is 11.8 Å². The second-order valence-corrected chi connectivity index (χ2v) is 8.26. The minimum Gasteiger partial charge on any atom is -0.357 e. The second kappa shape index (κ2) is 9.99. The molecule has 0 spiro atoms. The Kier molecular flexibility index (Phi) is 8.31. The summed E-state index contributed by atoms with van der Waals surface area (Å²) < 4.78 is 2.26. The number of halogens is 1. The van der Waals surface area contributed by atoms with Crippen molar-refractivity contribution in [3.05, 3.63) is 11.6 Å². The highest BCUT2D eigenvalue weighted by atomic mass is 127. The third-order valence-electron chi connectivity index (χ3n) is 4.78. The molecule has 1 unspecified atom stereocenters. The SMILES string of the molecule is CCNC(=NCc1nnc2n1CCCC2)N1CCSC(C(C)C)C1.I. The van der Waals surface area contributed by atoms with Crippen LogP contribution in [0.25, 0.3) is 0 Å². The Hall–Kier alpha value is -0.510. The van der Waals surface area contributed by atoms with Gasteiger partial charge in [0.15, 0.2) is 11.8 Å². The van der Waals surface area contributed by atoms with E-state index >= 15 is 0 Å². The molecule has 0 aliphatic carbocycles. The fourth-order valence-electron chi connectivity index (χ4n) is 3.33. The largest absolute Gasteiger partial charge is 0.357 e. The fraction of sp³-hybridized carbons (Fsp3) is 0.824. The Morgan fingerprint density at radius 2 is 2.16 bits per heavy atom. The number of guanidine groups is 1. The average Bonchev–Trinajstić information content (AvgIpc) is 3.02. The van der Waals surface area contributed by atoms with E-state index in [9.17, 15) is 0 Å². The van der Waals surface area contributed by atoms with Crippen LogP contribution in [-0.2, 0) is 19.5 Å². The van der Waals surface area contributed by atoms with E-state index in [-0.39, 0.29) is 24.0 Å². The highest BCUT2D eigenvalue weighted by Crippen LogP contribution is 2.25. The van der Waals surface area contributed by atoms with E-state index in [0.717, 1.165) is 50.2 Å². The quantitative estimate of drug-likeness (QED) is 0.410. The Morgan fingerprint density at radius 1 is 1.32 bits per heavy atom. The number of rotatable bonds is 4. The number of thioether (sulfide) groups is 1. The maximum atomic E-state index is 4.88. The van der Waals surface area contributed by atoms with Crippen molar-refractivity contribution in [2.75, 3.05) is 25.4 Å². The first-order valence-corrected chi connectivity index (χ1v) is 10.3. The lowest BCUT2D eigenvalue weighted by atomic mass is 10.1. The lowest BCUT2D eigenvalue weighted by molar-refractivity contribution is 0.380. The first-order valence-electron chi connectivity index (χ1n) is 9.24. The molecule has 0 saturated carbocycles. The maximum absolute atomic E-state index is 4.88. The summed E-state index contributed by atoms with van der Waals surface area (Å²) in [5.41, 5.74) is 0. The van der Waals surface area contributed by atoms with Gasteiger partial charge in [-0.15, -0.1) is 34.2 Å². The summed E-state index contributed by atoms with van der Waals surface area (Å²) in [6.45, 7) is 11.5. The van der Waals surface area contributed by atoms with E-state index < -0.39 is 0 Å². The van der Waals surface area contributed by atoms with Gasteiger partial charge in [-0.3, -0.25) is 0 Å². The van der Waals surface area contributed by atoms with Gasteiger partial charge in [0.2, 0.25) is 0 Å². The molecule has 0 aromatic carbocycles. The zero-order valence-electron chi connectivity index (χ0n) is 15.6. The van der Waals surface area contributed by atoms with E-state index in [1.807, 2.05) is 0 Å². The summed E-state index contributed by atoms with van der Waals surface area (Å²) in [4.78, 5) is 7.30. The topological polar surface area (TPSA) is 58.3 Å². The number of fused-ring (bicyclic) bond motifs is 1. The summed E-state index contributed by atoms with van der Waals surface area (Å²) in [6.07, 6.45) is 3.50. The van der Waals surface area contributed by atoms with Crippen LogP contribution in [0.15, 0.2) is 4.99 Å². The number of aliphatic imine (C=N–C) groups is 1. The average molecular weight is 478 g/mol. The molecule has 1 aromatic heterocycles. The van der Waals surface area contributed by atoms with Crippen LogP contribution in [0.1, 0.15) is 45.3 Å². The van der Waals surface area contributed by atoms with Crippen molar-refractivity contribution < 1.29 is 0 Å². The molecule has 3 heterocycles. The maximum Gasteiger partial charge on any atom is 0.194 e. The van der Waals surface area contributed by atoms with Crippen LogP contribution >= 0.6 is 35.7 Å². The molecule has 6 nitrogen and oxygen atoms in total. The van der Waals surface area contributed by atoms with Crippen LogP contribution in [-0.4, -0.2) is 56.3 Å². The number of nitrogens with one attached hydrogen (secondary N) is 1. The molecular formula is C17H31IN6S. The summed E-state index contributed by atoms with van der Waals surface area (Å²) in [6, 6.07) is 0. The predicted octanol–water partition coefficient (Wildman–Crippen LogP) is 2.77. The minimum absolute atomic E-state index is 0. The molecule has 142 valence electrons. The molecule has 3 rings (SSSR count). The van der Waals surface area contributed by atoms with Gasteiger partial charge in [0.1, 0.15) is 12.4 Å². The van der Waals surface area contributed by atoms with E-state index in [1.54, 1.807) is 0 Å². The van der Waals surface area contributed by atoms with Gasteiger partial charge in [-0.1, -0.05) is 13.8 Å². The number of aromatic nitrogens is 3. The lowest BCUT2D eigenvalue weighted by Gasteiger charge is -2.36. The number of aryl methyl sites for hydroxylation is 1. The van der Waals surface area contributed by atoms with Crippen molar-refractivity contribution in [3.8, 4) is 0 Å². The molecular weight excluding hydrogens is 447 g/mol. The molecule has 1 saturated heterocycles. The Bertz CT molecular complexity index is 573. The Labute approximate surface area is 172 Å². The fourth-order valence-corrected chi connectivity index (χ4v) is 4.63. The van der Waals surface area contributed by atoms with Gasteiger partial charge in [0.25, 0.3) is 0 Å².